The second-order valence-corrected chi connectivity index (χ2v) is 13.6. The van der Waals surface area contributed by atoms with Gasteiger partial charge in [-0.2, -0.15) is 9.65 Å². The molecule has 0 aliphatic heterocycles. The first kappa shape index (κ1) is 30.3. The summed E-state index contributed by atoms with van der Waals surface area (Å²) < 4.78 is 80.8. The number of nitrogens with zero attached hydrogens (tertiary/aromatic N) is 3. The number of rotatable bonds is 9. The molecule has 6 rings (SSSR count). The van der Waals surface area contributed by atoms with E-state index in [9.17, 15) is 31.8 Å². The van der Waals surface area contributed by atoms with E-state index >= 15 is 4.39 Å². The van der Waals surface area contributed by atoms with E-state index in [1.807, 2.05) is 0 Å². The van der Waals surface area contributed by atoms with Crippen molar-refractivity contribution in [3.8, 4) is 16.4 Å². The molecule has 2 aromatic heterocycles. The van der Waals surface area contributed by atoms with Crippen LogP contribution in [0, 0.1) is 17.6 Å². The Kier molecular flexibility index (Phi) is 7.80. The minimum Gasteiger partial charge on any atom is -0.476 e. The zero-order chi connectivity index (χ0) is 31.4. The van der Waals surface area contributed by atoms with Crippen LogP contribution in [0.1, 0.15) is 65.0 Å². The Balaban J connectivity index is 1.51. The SMILES string of the molecule is N[S+](=O)(O)c1ccc(Cc2c(-c3ccc(F)c(C4=CCC(F)(F)CC4)c3)nn(-c3nc(C(=O)O)cs3)c2CC2CC2)cc1F. The number of benzene rings is 2. The van der Waals surface area contributed by atoms with E-state index < -0.39 is 51.7 Å². The molecule has 8 nitrogen and oxygen atoms in total. The van der Waals surface area contributed by atoms with Crippen LogP contribution in [0.2, 0.25) is 0 Å². The van der Waals surface area contributed by atoms with Crippen LogP contribution < -0.4 is 5.14 Å². The molecule has 0 bridgehead atoms. The van der Waals surface area contributed by atoms with Crippen LogP contribution in [0.15, 0.2) is 52.7 Å². The largest absolute Gasteiger partial charge is 0.476 e. The Morgan fingerprint density at radius 3 is 2.55 bits per heavy atom. The first-order valence-electron chi connectivity index (χ1n) is 13.8. The molecule has 2 heterocycles. The number of carboxylic acids is 1. The van der Waals surface area contributed by atoms with Gasteiger partial charge in [-0.25, -0.2) is 32.0 Å². The van der Waals surface area contributed by atoms with Crippen LogP contribution in [0.3, 0.4) is 0 Å². The maximum Gasteiger partial charge on any atom is 0.355 e. The van der Waals surface area contributed by atoms with E-state index in [2.05, 4.69) is 4.98 Å². The zero-order valence-corrected chi connectivity index (χ0v) is 24.7. The number of thiazole rings is 1. The van der Waals surface area contributed by atoms with E-state index in [0.29, 0.717) is 51.1 Å². The molecule has 0 amide bonds. The normalized spacial score (nSPS) is 17.7. The topological polar surface area (TPSA) is 131 Å². The maximum atomic E-state index is 15.1. The van der Waals surface area contributed by atoms with Gasteiger partial charge in [0.25, 0.3) is 5.92 Å². The number of carbonyl (C=O) groups is 1. The Morgan fingerprint density at radius 1 is 1.16 bits per heavy atom. The number of aromatic carboxylic acids is 1. The zero-order valence-electron chi connectivity index (χ0n) is 23.1. The van der Waals surface area contributed by atoms with Crippen molar-refractivity contribution in [1.82, 2.24) is 14.8 Å². The molecule has 230 valence electrons. The van der Waals surface area contributed by atoms with Gasteiger partial charge in [0.2, 0.25) is 10.0 Å². The van der Waals surface area contributed by atoms with Crippen LogP contribution in [0.5, 0.6) is 0 Å². The Morgan fingerprint density at radius 2 is 1.93 bits per heavy atom. The Hall–Kier alpha value is -3.72. The van der Waals surface area contributed by atoms with Gasteiger partial charge >= 0.3 is 16.4 Å². The number of alkyl halides is 2. The van der Waals surface area contributed by atoms with Gasteiger partial charge in [-0.1, -0.05) is 12.1 Å². The van der Waals surface area contributed by atoms with Crippen LogP contribution in [0.25, 0.3) is 22.0 Å². The van der Waals surface area contributed by atoms with Crippen LogP contribution in [-0.2, 0) is 27.5 Å². The molecule has 1 atom stereocenters. The highest BCUT2D eigenvalue weighted by atomic mass is 32.3. The predicted molar refractivity (Wildman–Crippen MR) is 157 cm³/mol. The summed E-state index contributed by atoms with van der Waals surface area (Å²) in [6, 6.07) is 8.09. The van der Waals surface area contributed by atoms with Gasteiger partial charge in [-0.05, 0) is 71.2 Å². The number of nitrogens with two attached hydrogens (primary N) is 1. The van der Waals surface area contributed by atoms with E-state index in [0.717, 1.165) is 36.3 Å². The minimum atomic E-state index is -4.04. The van der Waals surface area contributed by atoms with Crippen molar-refractivity contribution in [3.05, 3.63) is 87.6 Å². The van der Waals surface area contributed by atoms with Gasteiger partial charge in [-0.15, -0.1) is 16.5 Å². The molecule has 0 spiro atoms. The number of hydrogen-bond acceptors (Lipinski definition) is 5. The third-order valence-corrected chi connectivity index (χ3v) is 9.62. The van der Waals surface area contributed by atoms with E-state index in [-0.39, 0.29) is 24.1 Å². The summed E-state index contributed by atoms with van der Waals surface area (Å²) >= 11 is 1.09. The Labute approximate surface area is 254 Å². The first-order chi connectivity index (χ1) is 20.8. The third kappa shape index (κ3) is 6.25. The fraction of sp³-hybridized carbons (Fsp3) is 0.300. The van der Waals surface area contributed by atoms with E-state index in [4.69, 9.17) is 10.2 Å². The van der Waals surface area contributed by atoms with Gasteiger partial charge in [0.05, 0.1) is 11.4 Å². The lowest BCUT2D eigenvalue weighted by molar-refractivity contribution is -0.00607. The van der Waals surface area contributed by atoms with Crippen molar-refractivity contribution in [2.75, 3.05) is 0 Å². The Bertz CT molecular complexity index is 1860. The van der Waals surface area contributed by atoms with Crippen molar-refractivity contribution >= 4 is 33.3 Å². The molecule has 2 aromatic carbocycles. The smallest absolute Gasteiger partial charge is 0.355 e. The maximum absolute atomic E-state index is 15.1. The molecule has 14 heteroatoms. The summed E-state index contributed by atoms with van der Waals surface area (Å²) in [7, 11) is -4.04. The lowest BCUT2D eigenvalue weighted by Gasteiger charge is -2.22. The van der Waals surface area contributed by atoms with Crippen molar-refractivity contribution in [3.63, 3.8) is 0 Å². The molecule has 4 N–H and O–H groups in total. The standard InChI is InChI=1S/C30H26F4N4O4S2/c31-22-5-4-19(14-20(22)18-7-9-30(33,34)10-8-18)27-21(11-17-3-6-26(23(32)12-17)44(35,41)42)25(13-16-1-2-16)38(37-27)29-36-24(15-43-29)28(39)40/h3-7,12,14-16H,1-2,8-11,13H2,(H3-,35,39,40,41,42)/p+1. The predicted octanol–water partition coefficient (Wildman–Crippen LogP) is 6.92. The number of aromatic nitrogens is 3. The van der Waals surface area contributed by atoms with Crippen molar-refractivity contribution in [1.29, 1.82) is 0 Å². The second kappa shape index (κ2) is 11.3. The summed E-state index contributed by atoms with van der Waals surface area (Å²) in [6.07, 6.45) is 3.10. The lowest BCUT2D eigenvalue weighted by Crippen LogP contribution is -2.22. The molecule has 1 saturated carbocycles. The van der Waals surface area contributed by atoms with Crippen LogP contribution in [-0.4, -0.2) is 36.3 Å². The third-order valence-electron chi connectivity index (χ3n) is 7.85. The molecule has 4 aromatic rings. The minimum absolute atomic E-state index is 0.000495. The highest BCUT2D eigenvalue weighted by Gasteiger charge is 2.33. The summed E-state index contributed by atoms with van der Waals surface area (Å²) in [4.78, 5) is 15.3. The van der Waals surface area contributed by atoms with Crippen molar-refractivity contribution in [2.45, 2.75) is 55.8 Å². The van der Waals surface area contributed by atoms with Gasteiger partial charge in [0.15, 0.2) is 11.5 Å². The fourth-order valence-electron chi connectivity index (χ4n) is 5.38. The molecule has 2 aliphatic carbocycles. The van der Waals surface area contributed by atoms with Gasteiger partial charge in [0.1, 0.15) is 5.82 Å². The summed E-state index contributed by atoms with van der Waals surface area (Å²) in [5.74, 6) is -5.23. The van der Waals surface area contributed by atoms with E-state index in [1.54, 1.807) is 10.7 Å². The molecule has 1 unspecified atom stereocenters. The number of hydrogen-bond donors (Lipinski definition) is 3. The molecule has 0 radical (unpaired) electrons. The highest BCUT2D eigenvalue weighted by Crippen LogP contribution is 2.41. The molecule has 2 aliphatic rings. The summed E-state index contributed by atoms with van der Waals surface area (Å²) in [5, 5.41) is 21.2. The average Bonchev–Trinajstić information content (AvgIpc) is 3.51. The van der Waals surface area contributed by atoms with Gasteiger partial charge < -0.3 is 5.11 Å². The first-order valence-corrected chi connectivity index (χ1v) is 16.2. The van der Waals surface area contributed by atoms with Gasteiger partial charge in [-0.3, -0.25) is 0 Å². The number of halogens is 4. The van der Waals surface area contributed by atoms with Crippen LogP contribution in [0.4, 0.5) is 17.6 Å². The average molecular weight is 648 g/mol. The molecule has 44 heavy (non-hydrogen) atoms. The molecular formula is C30H27F4N4O4S2+. The van der Waals surface area contributed by atoms with Crippen molar-refractivity contribution in [2.24, 2.45) is 11.1 Å². The summed E-state index contributed by atoms with van der Waals surface area (Å²) in [6.45, 7) is 0. The van der Waals surface area contributed by atoms with Gasteiger partial charge in [0, 0.05) is 47.4 Å². The lowest BCUT2D eigenvalue weighted by atomic mass is 9.89. The number of carboxylic acid groups (broad SMARTS) is 1. The second-order valence-electron chi connectivity index (χ2n) is 11.1. The van der Waals surface area contributed by atoms with Crippen molar-refractivity contribution < 1.29 is 36.2 Å². The van der Waals surface area contributed by atoms with E-state index in [1.165, 1.54) is 29.7 Å². The quantitative estimate of drug-likeness (QED) is 0.134. The highest BCUT2D eigenvalue weighted by molar-refractivity contribution is 7.95. The van der Waals surface area contributed by atoms with Crippen LogP contribution >= 0.6 is 11.3 Å². The molecule has 1 fully saturated rings. The molecular weight excluding hydrogens is 620 g/mol. The monoisotopic (exact) mass is 647 g/mol. The number of allylic oxidation sites excluding steroid dienone is 2. The molecule has 0 saturated heterocycles. The summed E-state index contributed by atoms with van der Waals surface area (Å²) in [5.41, 5.74) is 3.19. The fourth-order valence-corrected chi connectivity index (χ4v) is 6.75.